The molecule has 0 aliphatic heterocycles. The molecule has 3 aromatic rings. The number of anilines is 1. The van der Waals surface area contributed by atoms with E-state index < -0.39 is 0 Å². The molecule has 0 spiro atoms. The molecule has 0 amide bonds. The van der Waals surface area contributed by atoms with Crippen LogP contribution < -0.4 is 10.1 Å². The zero-order chi connectivity index (χ0) is 15.5. The predicted molar refractivity (Wildman–Crippen MR) is 92.1 cm³/mol. The molecule has 1 N–H and O–H groups in total. The monoisotopic (exact) mass is 332 g/mol. The largest absolute Gasteiger partial charge is 0.497 e. The maximum absolute atomic E-state index is 6.34. The lowest BCUT2D eigenvalue weighted by molar-refractivity contribution is 0.415. The smallest absolute Gasteiger partial charge is 0.128 e. The number of fused-ring (bicyclic) bond motifs is 1. The van der Waals surface area contributed by atoms with E-state index in [0.29, 0.717) is 11.6 Å². The zero-order valence-corrected chi connectivity index (χ0v) is 13.4. The molecule has 5 heteroatoms. The number of halogens is 2. The van der Waals surface area contributed by atoms with E-state index in [4.69, 9.17) is 27.9 Å². The summed E-state index contributed by atoms with van der Waals surface area (Å²) in [6, 6.07) is 15.2. The van der Waals surface area contributed by atoms with Crippen LogP contribution in [0.5, 0.6) is 5.75 Å². The lowest BCUT2D eigenvalue weighted by Crippen LogP contribution is -2.01. The van der Waals surface area contributed by atoms with Crippen LogP contribution in [0, 0.1) is 0 Å². The number of methoxy groups -OCH3 is 1. The summed E-state index contributed by atoms with van der Waals surface area (Å²) in [4.78, 5) is 4.57. The summed E-state index contributed by atoms with van der Waals surface area (Å²) < 4.78 is 5.21. The van der Waals surface area contributed by atoms with Gasteiger partial charge in [-0.15, -0.1) is 0 Å². The summed E-state index contributed by atoms with van der Waals surface area (Å²) in [5, 5.41) is 5.51. The molecular weight excluding hydrogens is 319 g/mol. The highest BCUT2D eigenvalue weighted by Crippen LogP contribution is 2.28. The number of ether oxygens (including phenoxy) is 1. The Balaban J connectivity index is 1.83. The van der Waals surface area contributed by atoms with Crippen LogP contribution in [0.1, 0.15) is 5.56 Å². The average molecular weight is 333 g/mol. The molecule has 0 aliphatic carbocycles. The van der Waals surface area contributed by atoms with Crippen molar-refractivity contribution in [1.29, 1.82) is 0 Å². The number of benzene rings is 2. The molecule has 0 unspecified atom stereocenters. The predicted octanol–water partition coefficient (Wildman–Crippen LogP) is 5.16. The van der Waals surface area contributed by atoms with Gasteiger partial charge in [-0.25, -0.2) is 4.98 Å². The van der Waals surface area contributed by atoms with Crippen molar-refractivity contribution in [3.63, 3.8) is 0 Å². The standard InChI is InChI=1S/C17H14Cl2N2O/c1-22-13-6-7-16-14(8-13)15(19)9-17(21-16)20-10-11-2-4-12(18)5-3-11/h2-9H,10H2,1H3,(H,20,21). The Morgan fingerprint density at radius 3 is 2.55 bits per heavy atom. The Morgan fingerprint density at radius 1 is 1.05 bits per heavy atom. The highest BCUT2D eigenvalue weighted by atomic mass is 35.5. The van der Waals surface area contributed by atoms with Crippen LogP contribution >= 0.6 is 23.2 Å². The second-order valence-corrected chi connectivity index (χ2v) is 5.70. The van der Waals surface area contributed by atoms with E-state index in [9.17, 15) is 0 Å². The molecular formula is C17H14Cl2N2O. The number of hydrogen-bond donors (Lipinski definition) is 1. The van der Waals surface area contributed by atoms with Gasteiger partial charge in [-0.05, 0) is 42.0 Å². The van der Waals surface area contributed by atoms with Gasteiger partial charge in [0.2, 0.25) is 0 Å². The quantitative estimate of drug-likeness (QED) is 0.716. The van der Waals surface area contributed by atoms with Crippen LogP contribution in [0.4, 0.5) is 5.82 Å². The summed E-state index contributed by atoms with van der Waals surface area (Å²) in [6.07, 6.45) is 0. The van der Waals surface area contributed by atoms with Crippen LogP contribution in [-0.2, 0) is 6.54 Å². The van der Waals surface area contributed by atoms with E-state index in [2.05, 4.69) is 10.3 Å². The number of pyridine rings is 1. The van der Waals surface area contributed by atoms with E-state index in [-0.39, 0.29) is 0 Å². The maximum Gasteiger partial charge on any atom is 0.128 e. The van der Waals surface area contributed by atoms with Crippen LogP contribution in [0.25, 0.3) is 10.9 Å². The van der Waals surface area contributed by atoms with Crippen molar-refractivity contribution < 1.29 is 4.74 Å². The summed E-state index contributed by atoms with van der Waals surface area (Å²) in [5.41, 5.74) is 1.95. The first-order valence-electron chi connectivity index (χ1n) is 6.78. The molecule has 3 rings (SSSR count). The Labute approximate surface area is 138 Å². The molecule has 2 aromatic carbocycles. The Hall–Kier alpha value is -1.97. The van der Waals surface area contributed by atoms with Gasteiger partial charge in [-0.3, -0.25) is 0 Å². The third kappa shape index (κ3) is 3.26. The highest BCUT2D eigenvalue weighted by Gasteiger charge is 2.06. The van der Waals surface area contributed by atoms with Gasteiger partial charge in [-0.1, -0.05) is 35.3 Å². The van der Waals surface area contributed by atoms with Crippen molar-refractivity contribution >= 4 is 39.9 Å². The number of nitrogens with zero attached hydrogens (tertiary/aromatic N) is 1. The molecule has 0 atom stereocenters. The molecule has 3 nitrogen and oxygen atoms in total. The van der Waals surface area contributed by atoms with Crippen molar-refractivity contribution in [1.82, 2.24) is 4.98 Å². The molecule has 112 valence electrons. The number of rotatable bonds is 4. The Bertz CT molecular complexity index is 804. The third-order valence-electron chi connectivity index (χ3n) is 3.35. The minimum Gasteiger partial charge on any atom is -0.497 e. The van der Waals surface area contributed by atoms with E-state index in [1.807, 2.05) is 48.5 Å². The fraction of sp³-hybridized carbons (Fsp3) is 0.118. The van der Waals surface area contributed by atoms with Gasteiger partial charge < -0.3 is 10.1 Å². The summed E-state index contributed by atoms with van der Waals surface area (Å²) >= 11 is 12.2. The Morgan fingerprint density at radius 2 is 1.82 bits per heavy atom. The molecule has 0 saturated heterocycles. The van der Waals surface area contributed by atoms with Crippen molar-refractivity contribution in [2.24, 2.45) is 0 Å². The lowest BCUT2D eigenvalue weighted by atomic mass is 10.2. The van der Waals surface area contributed by atoms with Crippen LogP contribution in [-0.4, -0.2) is 12.1 Å². The molecule has 22 heavy (non-hydrogen) atoms. The first kappa shape index (κ1) is 14.9. The summed E-state index contributed by atoms with van der Waals surface area (Å²) in [7, 11) is 1.63. The Kier molecular flexibility index (Phi) is 4.36. The van der Waals surface area contributed by atoms with Crippen molar-refractivity contribution in [3.8, 4) is 5.75 Å². The minimum atomic E-state index is 0.641. The van der Waals surface area contributed by atoms with E-state index in [1.54, 1.807) is 7.11 Å². The van der Waals surface area contributed by atoms with E-state index in [0.717, 1.165) is 33.1 Å². The molecule has 0 aliphatic rings. The first-order chi connectivity index (χ1) is 10.7. The van der Waals surface area contributed by atoms with Gasteiger partial charge in [0.25, 0.3) is 0 Å². The summed E-state index contributed by atoms with van der Waals surface area (Å²) in [6.45, 7) is 0.655. The number of hydrogen-bond acceptors (Lipinski definition) is 3. The average Bonchev–Trinajstić information content (AvgIpc) is 2.54. The number of nitrogens with one attached hydrogen (secondary N) is 1. The van der Waals surface area contributed by atoms with E-state index >= 15 is 0 Å². The fourth-order valence-electron chi connectivity index (χ4n) is 2.18. The first-order valence-corrected chi connectivity index (χ1v) is 7.54. The molecule has 0 saturated carbocycles. The van der Waals surface area contributed by atoms with Gasteiger partial charge in [0.1, 0.15) is 11.6 Å². The minimum absolute atomic E-state index is 0.641. The highest BCUT2D eigenvalue weighted by molar-refractivity contribution is 6.35. The number of aromatic nitrogens is 1. The molecule has 0 bridgehead atoms. The fourth-order valence-corrected chi connectivity index (χ4v) is 2.56. The second-order valence-electron chi connectivity index (χ2n) is 4.85. The normalized spacial score (nSPS) is 10.7. The van der Waals surface area contributed by atoms with Gasteiger partial charge in [-0.2, -0.15) is 0 Å². The van der Waals surface area contributed by atoms with Crippen molar-refractivity contribution in [2.75, 3.05) is 12.4 Å². The third-order valence-corrected chi connectivity index (χ3v) is 3.92. The molecule has 0 radical (unpaired) electrons. The van der Waals surface area contributed by atoms with Gasteiger partial charge in [0, 0.05) is 17.0 Å². The lowest BCUT2D eigenvalue weighted by Gasteiger charge is -2.09. The molecule has 1 heterocycles. The maximum atomic E-state index is 6.34. The van der Waals surface area contributed by atoms with Crippen LogP contribution in [0.2, 0.25) is 10.0 Å². The van der Waals surface area contributed by atoms with Crippen molar-refractivity contribution in [2.45, 2.75) is 6.54 Å². The van der Waals surface area contributed by atoms with Gasteiger partial charge >= 0.3 is 0 Å². The topological polar surface area (TPSA) is 34.1 Å². The van der Waals surface area contributed by atoms with Crippen LogP contribution in [0.3, 0.4) is 0 Å². The summed E-state index contributed by atoms with van der Waals surface area (Å²) in [5.74, 6) is 1.50. The SMILES string of the molecule is COc1ccc2nc(NCc3ccc(Cl)cc3)cc(Cl)c2c1. The van der Waals surface area contributed by atoms with Gasteiger partial charge in [0.15, 0.2) is 0 Å². The second kappa shape index (κ2) is 6.42. The molecule has 1 aromatic heterocycles. The van der Waals surface area contributed by atoms with Gasteiger partial charge in [0.05, 0.1) is 17.6 Å². The molecule has 0 fully saturated rings. The zero-order valence-electron chi connectivity index (χ0n) is 11.9. The van der Waals surface area contributed by atoms with Crippen molar-refractivity contribution in [3.05, 3.63) is 64.1 Å². The van der Waals surface area contributed by atoms with E-state index in [1.165, 1.54) is 0 Å². The van der Waals surface area contributed by atoms with Crippen LogP contribution in [0.15, 0.2) is 48.5 Å².